The molecule has 1 aliphatic heterocycles. The number of hydrogen-bond acceptors (Lipinski definition) is 5. The smallest absolute Gasteiger partial charge is 0.410 e. The second-order valence-corrected chi connectivity index (χ2v) is 7.01. The van der Waals surface area contributed by atoms with Gasteiger partial charge < -0.3 is 20.1 Å². The molecule has 2 heterocycles. The Balaban J connectivity index is 2.01. The molecule has 0 unspecified atom stereocenters. The van der Waals surface area contributed by atoms with Gasteiger partial charge in [-0.05, 0) is 33.6 Å². The summed E-state index contributed by atoms with van der Waals surface area (Å²) < 4.78 is 5.32. The van der Waals surface area contributed by atoms with Gasteiger partial charge in [0, 0.05) is 24.9 Å². The topological polar surface area (TPSA) is 125 Å². The van der Waals surface area contributed by atoms with Gasteiger partial charge in [-0.15, -0.1) is 0 Å². The monoisotopic (exact) mass is 352 g/mol. The molecule has 2 rings (SSSR count). The zero-order valence-electron chi connectivity index (χ0n) is 14.6. The van der Waals surface area contributed by atoms with Crippen molar-refractivity contribution in [3.05, 3.63) is 18.2 Å². The molecule has 1 saturated heterocycles. The van der Waals surface area contributed by atoms with Crippen LogP contribution in [0.15, 0.2) is 12.5 Å². The number of nitrogens with one attached hydrogen (secondary N) is 2. The molecule has 1 aromatic rings. The zero-order chi connectivity index (χ0) is 18.6. The molecule has 9 heteroatoms. The van der Waals surface area contributed by atoms with Crippen LogP contribution in [0.4, 0.5) is 4.79 Å². The van der Waals surface area contributed by atoms with Gasteiger partial charge in [-0.1, -0.05) is 0 Å². The van der Waals surface area contributed by atoms with Crippen LogP contribution in [0, 0.1) is 0 Å². The van der Waals surface area contributed by atoms with Crippen molar-refractivity contribution in [3.8, 4) is 0 Å². The fourth-order valence-corrected chi connectivity index (χ4v) is 2.66. The van der Waals surface area contributed by atoms with Crippen LogP contribution in [0.3, 0.4) is 0 Å². The minimum atomic E-state index is -1.15. The Morgan fingerprint density at radius 3 is 2.76 bits per heavy atom. The maximum Gasteiger partial charge on any atom is 0.410 e. The van der Waals surface area contributed by atoms with Gasteiger partial charge in [-0.2, -0.15) is 0 Å². The normalized spacial score (nSPS) is 18.7. The molecule has 0 saturated carbocycles. The van der Waals surface area contributed by atoms with Crippen molar-refractivity contribution in [3.63, 3.8) is 0 Å². The third kappa shape index (κ3) is 5.20. The molecular formula is C16H24N4O5. The number of ether oxygens (including phenoxy) is 1. The standard InChI is InChI=1S/C16H24N4O5/c1-16(2,3)25-15(24)20-6-4-5-12(20)13(21)19-11(14(22)23)7-10-8-17-9-18-10/h8-9,11-12H,4-7H2,1-3H3,(H,17,18)(H,19,21)(H,22,23)/t11-,12-/m0/s1. The summed E-state index contributed by atoms with van der Waals surface area (Å²) in [5.41, 5.74) is -0.0617. The van der Waals surface area contributed by atoms with Gasteiger partial charge in [0.15, 0.2) is 0 Å². The average Bonchev–Trinajstić information content (AvgIpc) is 3.15. The van der Waals surface area contributed by atoms with E-state index in [1.807, 2.05) is 0 Å². The number of likely N-dealkylation sites (tertiary alicyclic amines) is 1. The van der Waals surface area contributed by atoms with Gasteiger partial charge >= 0.3 is 12.1 Å². The highest BCUT2D eigenvalue weighted by molar-refractivity contribution is 5.89. The average molecular weight is 352 g/mol. The SMILES string of the molecule is CC(C)(C)OC(=O)N1CCC[C@H]1C(=O)N[C@@H](Cc1cnc[nH]1)C(=O)O. The number of carboxylic acid groups (broad SMARTS) is 1. The number of carbonyl (C=O) groups excluding carboxylic acids is 2. The molecule has 3 N–H and O–H groups in total. The first-order valence-corrected chi connectivity index (χ1v) is 8.17. The highest BCUT2D eigenvalue weighted by Crippen LogP contribution is 2.21. The number of hydrogen-bond donors (Lipinski definition) is 3. The van der Waals surface area contributed by atoms with Crippen molar-refractivity contribution in [2.75, 3.05) is 6.54 Å². The quantitative estimate of drug-likeness (QED) is 0.724. The summed E-state index contributed by atoms with van der Waals surface area (Å²) in [4.78, 5) is 44.2. The van der Waals surface area contributed by atoms with Crippen LogP contribution in [0.5, 0.6) is 0 Å². The van der Waals surface area contributed by atoms with Crippen molar-refractivity contribution in [2.45, 2.75) is 57.7 Å². The molecule has 25 heavy (non-hydrogen) atoms. The first kappa shape index (κ1) is 18.8. The Morgan fingerprint density at radius 2 is 2.20 bits per heavy atom. The number of aromatic amines is 1. The van der Waals surface area contributed by atoms with Crippen molar-refractivity contribution >= 4 is 18.0 Å². The summed E-state index contributed by atoms with van der Waals surface area (Å²) in [5, 5.41) is 11.8. The number of aromatic nitrogens is 2. The predicted molar refractivity (Wildman–Crippen MR) is 87.8 cm³/mol. The third-order valence-electron chi connectivity index (χ3n) is 3.78. The van der Waals surface area contributed by atoms with Crippen LogP contribution in [-0.4, -0.2) is 62.2 Å². The lowest BCUT2D eigenvalue weighted by molar-refractivity contribution is -0.142. The summed E-state index contributed by atoms with van der Waals surface area (Å²) in [6.45, 7) is 5.66. The number of rotatable bonds is 5. The lowest BCUT2D eigenvalue weighted by Crippen LogP contribution is -2.52. The number of aliphatic carboxylic acids is 1. The Kier molecular flexibility index (Phi) is 5.66. The van der Waals surface area contributed by atoms with E-state index in [2.05, 4.69) is 15.3 Å². The number of imidazole rings is 1. The van der Waals surface area contributed by atoms with E-state index in [0.29, 0.717) is 25.1 Å². The number of H-pyrrole nitrogens is 1. The zero-order valence-corrected chi connectivity index (χ0v) is 14.6. The minimum Gasteiger partial charge on any atom is -0.480 e. The van der Waals surface area contributed by atoms with Gasteiger partial charge in [0.2, 0.25) is 5.91 Å². The van der Waals surface area contributed by atoms with Crippen molar-refractivity contribution in [2.24, 2.45) is 0 Å². The van der Waals surface area contributed by atoms with E-state index in [0.717, 1.165) is 0 Å². The van der Waals surface area contributed by atoms with Crippen LogP contribution in [0.2, 0.25) is 0 Å². The largest absolute Gasteiger partial charge is 0.480 e. The van der Waals surface area contributed by atoms with E-state index in [1.54, 1.807) is 20.8 Å². The third-order valence-corrected chi connectivity index (χ3v) is 3.78. The van der Waals surface area contributed by atoms with E-state index in [1.165, 1.54) is 17.4 Å². The van der Waals surface area contributed by atoms with E-state index in [4.69, 9.17) is 4.74 Å². The van der Waals surface area contributed by atoms with Crippen LogP contribution < -0.4 is 5.32 Å². The second-order valence-electron chi connectivity index (χ2n) is 7.01. The van der Waals surface area contributed by atoms with Crippen LogP contribution in [0.1, 0.15) is 39.3 Å². The van der Waals surface area contributed by atoms with Gasteiger partial charge in [0.25, 0.3) is 0 Å². The molecule has 1 fully saturated rings. The molecule has 0 spiro atoms. The van der Waals surface area contributed by atoms with E-state index < -0.39 is 35.7 Å². The van der Waals surface area contributed by atoms with Crippen molar-refractivity contribution in [1.82, 2.24) is 20.2 Å². The Labute approximate surface area is 145 Å². The molecule has 0 aromatic carbocycles. The van der Waals surface area contributed by atoms with E-state index >= 15 is 0 Å². The lowest BCUT2D eigenvalue weighted by atomic mass is 10.1. The maximum atomic E-state index is 12.5. The number of nitrogens with zero attached hydrogens (tertiary/aromatic N) is 2. The summed E-state index contributed by atoms with van der Waals surface area (Å²) in [6, 6.07) is -1.83. The number of amides is 2. The molecule has 9 nitrogen and oxygen atoms in total. The Morgan fingerprint density at radius 1 is 1.48 bits per heavy atom. The lowest BCUT2D eigenvalue weighted by Gasteiger charge is -2.28. The first-order chi connectivity index (χ1) is 11.7. The maximum absolute atomic E-state index is 12.5. The molecule has 1 aliphatic rings. The van der Waals surface area contributed by atoms with Crippen LogP contribution >= 0.6 is 0 Å². The van der Waals surface area contributed by atoms with E-state index in [9.17, 15) is 19.5 Å². The summed E-state index contributed by atoms with van der Waals surface area (Å²) >= 11 is 0. The first-order valence-electron chi connectivity index (χ1n) is 8.17. The van der Waals surface area contributed by atoms with Crippen LogP contribution in [-0.2, 0) is 20.7 Å². The summed E-state index contributed by atoms with van der Waals surface area (Å²) in [7, 11) is 0. The highest BCUT2D eigenvalue weighted by atomic mass is 16.6. The second kappa shape index (κ2) is 7.54. The van der Waals surface area contributed by atoms with Crippen molar-refractivity contribution < 1.29 is 24.2 Å². The molecule has 1 aromatic heterocycles. The minimum absolute atomic E-state index is 0.0836. The molecule has 0 radical (unpaired) electrons. The fraction of sp³-hybridized carbons (Fsp3) is 0.625. The number of carboxylic acids is 1. The predicted octanol–water partition coefficient (Wildman–Crippen LogP) is 0.921. The van der Waals surface area contributed by atoms with Gasteiger partial charge in [0.05, 0.1) is 6.33 Å². The van der Waals surface area contributed by atoms with Gasteiger partial charge in [-0.3, -0.25) is 9.69 Å². The Bertz CT molecular complexity index is 623. The van der Waals surface area contributed by atoms with E-state index in [-0.39, 0.29) is 6.42 Å². The molecule has 2 atom stereocenters. The summed E-state index contributed by atoms with van der Waals surface area (Å²) in [6.07, 6.45) is 3.60. The van der Waals surface area contributed by atoms with Gasteiger partial charge in [0.1, 0.15) is 17.7 Å². The Hall–Kier alpha value is -2.58. The van der Waals surface area contributed by atoms with Crippen molar-refractivity contribution in [1.29, 1.82) is 0 Å². The molecule has 0 bridgehead atoms. The molecule has 0 aliphatic carbocycles. The summed E-state index contributed by atoms with van der Waals surface area (Å²) in [5.74, 6) is -1.64. The molecular weight excluding hydrogens is 328 g/mol. The van der Waals surface area contributed by atoms with Crippen LogP contribution in [0.25, 0.3) is 0 Å². The van der Waals surface area contributed by atoms with Gasteiger partial charge in [-0.25, -0.2) is 14.6 Å². The number of carbonyl (C=O) groups is 3. The molecule has 2 amide bonds. The molecule has 138 valence electrons. The fourth-order valence-electron chi connectivity index (χ4n) is 2.66. The highest BCUT2D eigenvalue weighted by Gasteiger charge is 2.38.